The fraction of sp³-hybridized carbons (Fsp3) is 0.227. The Hall–Kier alpha value is -3.61. The molecular formula is C22H23N3O4. The molecule has 1 atom stereocenters. The molecule has 0 spiro atoms. The average Bonchev–Trinajstić information content (AvgIpc) is 3.22. The molecule has 1 aromatic heterocycles. The van der Waals surface area contributed by atoms with Crippen molar-refractivity contribution < 1.29 is 19.1 Å². The lowest BCUT2D eigenvalue weighted by Gasteiger charge is -2.25. The summed E-state index contributed by atoms with van der Waals surface area (Å²) < 4.78 is 12.0. The highest BCUT2D eigenvalue weighted by Gasteiger charge is 2.23. The molecule has 0 unspecified atom stereocenters. The third-order valence-electron chi connectivity index (χ3n) is 4.70. The summed E-state index contributed by atoms with van der Waals surface area (Å²) in [6, 6.07) is 18.8. The van der Waals surface area contributed by atoms with Gasteiger partial charge in [0.25, 0.3) is 5.91 Å². The Balaban J connectivity index is 1.66. The van der Waals surface area contributed by atoms with Crippen LogP contribution in [-0.2, 0) is 9.53 Å². The lowest BCUT2D eigenvalue weighted by atomic mass is 10.1. The lowest BCUT2D eigenvalue weighted by molar-refractivity contribution is -0.135. The fourth-order valence-corrected chi connectivity index (χ4v) is 2.83. The van der Waals surface area contributed by atoms with Gasteiger partial charge in [0.2, 0.25) is 5.69 Å². The van der Waals surface area contributed by atoms with E-state index in [-0.39, 0.29) is 30.0 Å². The summed E-state index contributed by atoms with van der Waals surface area (Å²) in [4.78, 5) is 26.5. The van der Waals surface area contributed by atoms with Crippen LogP contribution in [0.5, 0.6) is 5.75 Å². The van der Waals surface area contributed by atoms with E-state index in [0.29, 0.717) is 0 Å². The van der Waals surface area contributed by atoms with Crippen molar-refractivity contribution in [1.29, 1.82) is 0 Å². The van der Waals surface area contributed by atoms with Gasteiger partial charge >= 0.3 is 5.97 Å². The van der Waals surface area contributed by atoms with Gasteiger partial charge in [-0.05, 0) is 24.6 Å². The predicted octanol–water partition coefficient (Wildman–Crippen LogP) is 3.26. The molecule has 0 aliphatic carbocycles. The number of methoxy groups -OCH3 is 1. The van der Waals surface area contributed by atoms with Crippen LogP contribution in [0.2, 0.25) is 0 Å². The number of ether oxygens (including phenoxy) is 2. The summed E-state index contributed by atoms with van der Waals surface area (Å²) in [5.74, 6) is -0.751. The number of nitrogens with zero attached hydrogens (tertiary/aromatic N) is 3. The molecule has 0 saturated heterocycles. The summed E-state index contributed by atoms with van der Waals surface area (Å²) >= 11 is 0. The number of para-hydroxylation sites is 1. The number of esters is 1. The van der Waals surface area contributed by atoms with Gasteiger partial charge in [-0.1, -0.05) is 48.5 Å². The standard InChI is InChI=1S/C22H23N3O4/c1-16(17-10-6-4-7-11-17)24(2)20(26)15-29-22(27)21-19(28-3)14-25(23-21)18-12-8-5-9-13-18/h4-14,16H,15H2,1-3H3/t16-/m0/s1. The summed E-state index contributed by atoms with van der Waals surface area (Å²) in [7, 11) is 3.13. The van der Waals surface area contributed by atoms with Gasteiger partial charge < -0.3 is 14.4 Å². The molecule has 29 heavy (non-hydrogen) atoms. The Kier molecular flexibility index (Phi) is 6.29. The van der Waals surface area contributed by atoms with Crippen LogP contribution in [-0.4, -0.2) is 47.3 Å². The topological polar surface area (TPSA) is 73.7 Å². The second kappa shape index (κ2) is 9.05. The number of hydrogen-bond acceptors (Lipinski definition) is 5. The average molecular weight is 393 g/mol. The highest BCUT2D eigenvalue weighted by Crippen LogP contribution is 2.21. The lowest BCUT2D eigenvalue weighted by Crippen LogP contribution is -2.33. The van der Waals surface area contributed by atoms with Crippen molar-refractivity contribution in [3.05, 3.63) is 78.1 Å². The van der Waals surface area contributed by atoms with Crippen molar-refractivity contribution >= 4 is 11.9 Å². The van der Waals surface area contributed by atoms with Gasteiger partial charge in [0, 0.05) is 7.05 Å². The molecule has 7 nitrogen and oxygen atoms in total. The number of hydrogen-bond donors (Lipinski definition) is 0. The van der Waals surface area contributed by atoms with Crippen LogP contribution in [0.15, 0.2) is 66.9 Å². The Morgan fingerprint density at radius 2 is 1.69 bits per heavy atom. The fourth-order valence-electron chi connectivity index (χ4n) is 2.83. The van der Waals surface area contributed by atoms with Crippen LogP contribution in [0, 0.1) is 0 Å². The first-order chi connectivity index (χ1) is 14.0. The first kappa shape index (κ1) is 20.1. The highest BCUT2D eigenvalue weighted by molar-refractivity contribution is 5.92. The zero-order valence-corrected chi connectivity index (χ0v) is 16.6. The van der Waals surface area contributed by atoms with Gasteiger partial charge in [-0.25, -0.2) is 9.48 Å². The molecule has 7 heteroatoms. The van der Waals surface area contributed by atoms with Crippen LogP contribution in [0.1, 0.15) is 29.0 Å². The maximum absolute atomic E-state index is 12.5. The van der Waals surface area contributed by atoms with Crippen LogP contribution in [0.25, 0.3) is 5.69 Å². The van der Waals surface area contributed by atoms with Gasteiger partial charge in [0.05, 0.1) is 25.0 Å². The number of rotatable bonds is 7. The Bertz CT molecular complexity index is 970. The molecule has 0 N–H and O–H groups in total. The van der Waals surface area contributed by atoms with Gasteiger partial charge in [0.15, 0.2) is 12.4 Å². The third kappa shape index (κ3) is 4.63. The quantitative estimate of drug-likeness (QED) is 0.576. The predicted molar refractivity (Wildman–Crippen MR) is 108 cm³/mol. The molecule has 1 amide bonds. The maximum Gasteiger partial charge on any atom is 0.363 e. The molecule has 1 heterocycles. The first-order valence-corrected chi connectivity index (χ1v) is 9.18. The summed E-state index contributed by atoms with van der Waals surface area (Å²) in [6.45, 7) is 1.54. The largest absolute Gasteiger partial charge is 0.493 e. The summed E-state index contributed by atoms with van der Waals surface area (Å²) in [5.41, 5.74) is 1.79. The monoisotopic (exact) mass is 393 g/mol. The van der Waals surface area contributed by atoms with Crippen molar-refractivity contribution in [2.24, 2.45) is 0 Å². The number of carbonyl (C=O) groups excluding carboxylic acids is 2. The van der Waals surface area contributed by atoms with E-state index in [1.165, 1.54) is 11.8 Å². The van der Waals surface area contributed by atoms with Crippen molar-refractivity contribution in [3.63, 3.8) is 0 Å². The molecule has 0 aliphatic heterocycles. The Morgan fingerprint density at radius 3 is 2.31 bits per heavy atom. The van der Waals surface area contributed by atoms with Gasteiger partial charge in [0.1, 0.15) is 0 Å². The number of benzene rings is 2. The Morgan fingerprint density at radius 1 is 1.07 bits per heavy atom. The molecule has 3 aromatic rings. The molecule has 0 saturated carbocycles. The van der Waals surface area contributed by atoms with Crippen molar-refractivity contribution in [2.45, 2.75) is 13.0 Å². The van der Waals surface area contributed by atoms with E-state index in [0.717, 1.165) is 11.3 Å². The molecule has 3 rings (SSSR count). The second-order valence-electron chi connectivity index (χ2n) is 6.49. The van der Waals surface area contributed by atoms with E-state index < -0.39 is 5.97 Å². The zero-order chi connectivity index (χ0) is 20.8. The molecule has 2 aromatic carbocycles. The molecule has 0 fully saturated rings. The van der Waals surface area contributed by atoms with E-state index in [2.05, 4.69) is 5.10 Å². The van der Waals surface area contributed by atoms with Crippen molar-refractivity contribution in [3.8, 4) is 11.4 Å². The first-order valence-electron chi connectivity index (χ1n) is 9.18. The minimum atomic E-state index is -0.717. The smallest absolute Gasteiger partial charge is 0.363 e. The zero-order valence-electron chi connectivity index (χ0n) is 16.6. The van der Waals surface area contributed by atoms with Gasteiger partial charge in [-0.15, -0.1) is 0 Å². The molecule has 0 bridgehead atoms. The van der Waals surface area contributed by atoms with E-state index in [4.69, 9.17) is 9.47 Å². The number of amides is 1. The maximum atomic E-state index is 12.5. The van der Waals surface area contributed by atoms with Crippen LogP contribution in [0.4, 0.5) is 0 Å². The summed E-state index contributed by atoms with van der Waals surface area (Å²) in [5, 5.41) is 4.25. The minimum absolute atomic E-state index is 0.0166. The molecule has 150 valence electrons. The number of likely N-dealkylation sites (N-methyl/N-ethyl adjacent to an activating group) is 1. The molecule has 0 radical (unpaired) electrons. The third-order valence-corrected chi connectivity index (χ3v) is 4.70. The molecular weight excluding hydrogens is 370 g/mol. The van der Waals surface area contributed by atoms with E-state index in [1.54, 1.807) is 18.1 Å². The van der Waals surface area contributed by atoms with Crippen molar-refractivity contribution in [2.75, 3.05) is 20.8 Å². The summed E-state index contributed by atoms with van der Waals surface area (Å²) in [6.07, 6.45) is 1.59. The van der Waals surface area contributed by atoms with E-state index in [1.807, 2.05) is 67.6 Å². The minimum Gasteiger partial charge on any atom is -0.493 e. The van der Waals surface area contributed by atoms with Crippen LogP contribution < -0.4 is 4.74 Å². The number of carbonyl (C=O) groups is 2. The van der Waals surface area contributed by atoms with E-state index >= 15 is 0 Å². The van der Waals surface area contributed by atoms with E-state index in [9.17, 15) is 9.59 Å². The highest BCUT2D eigenvalue weighted by atomic mass is 16.5. The van der Waals surface area contributed by atoms with Gasteiger partial charge in [-0.2, -0.15) is 5.10 Å². The SMILES string of the molecule is COc1cn(-c2ccccc2)nc1C(=O)OCC(=O)N(C)[C@@H](C)c1ccccc1. The van der Waals surface area contributed by atoms with Crippen LogP contribution >= 0.6 is 0 Å². The number of aromatic nitrogens is 2. The normalized spacial score (nSPS) is 11.6. The van der Waals surface area contributed by atoms with Crippen molar-refractivity contribution in [1.82, 2.24) is 14.7 Å². The van der Waals surface area contributed by atoms with Gasteiger partial charge in [-0.3, -0.25) is 4.79 Å². The Labute approximate surface area is 169 Å². The molecule has 0 aliphatic rings. The van der Waals surface area contributed by atoms with Crippen LogP contribution in [0.3, 0.4) is 0 Å². The second-order valence-corrected chi connectivity index (χ2v) is 6.49.